The minimum atomic E-state index is 0.917. The molecule has 1 aromatic carbocycles. The molecular weight excluding hydrogens is 640 g/mol. The van der Waals surface area contributed by atoms with Crippen LogP contribution in [0, 0.1) is 0 Å². The number of fused-ring (bicyclic) bond motifs is 8. The van der Waals surface area contributed by atoms with Gasteiger partial charge in [0.2, 0.25) is 0 Å². The summed E-state index contributed by atoms with van der Waals surface area (Å²) in [6.45, 7) is 18.2. The van der Waals surface area contributed by atoms with Crippen LogP contribution in [0.2, 0.25) is 0 Å². The number of allylic oxidation sites excluding steroid dienone is 4. The molecule has 3 aromatic heterocycles. The second kappa shape index (κ2) is 13.8. The van der Waals surface area contributed by atoms with Crippen molar-refractivity contribution in [2.75, 3.05) is 0 Å². The van der Waals surface area contributed by atoms with Gasteiger partial charge >= 0.3 is 0 Å². The van der Waals surface area contributed by atoms with E-state index in [0.717, 1.165) is 78.6 Å². The Hall–Kier alpha value is -3.70. The maximum absolute atomic E-state index is 5.57. The van der Waals surface area contributed by atoms with Crippen LogP contribution in [0.25, 0.3) is 55.5 Å². The molecule has 4 aromatic rings. The van der Waals surface area contributed by atoms with E-state index in [2.05, 4.69) is 124 Å². The largest absolute Gasteiger partial charge is 0.355 e. The smallest absolute Gasteiger partial charge is 0.0771 e. The highest BCUT2D eigenvalue weighted by Crippen LogP contribution is 2.43. The van der Waals surface area contributed by atoms with Crippen LogP contribution in [0.1, 0.15) is 126 Å². The van der Waals surface area contributed by atoms with Gasteiger partial charge in [-0.1, -0.05) is 83.5 Å². The van der Waals surface area contributed by atoms with Gasteiger partial charge in [-0.2, -0.15) is 0 Å². The van der Waals surface area contributed by atoms with Crippen LogP contribution in [0.3, 0.4) is 0 Å². The fourth-order valence-corrected chi connectivity index (χ4v) is 8.35. The van der Waals surface area contributed by atoms with E-state index in [1.807, 2.05) is 0 Å². The Labute approximate surface area is 289 Å². The van der Waals surface area contributed by atoms with Crippen molar-refractivity contribution in [3.05, 3.63) is 92.0 Å². The molecular formula is C42H49BrN4. The van der Waals surface area contributed by atoms with Gasteiger partial charge < -0.3 is 9.97 Å². The van der Waals surface area contributed by atoms with Crippen molar-refractivity contribution in [1.82, 2.24) is 19.9 Å². The Balaban J connectivity index is 1.93. The van der Waals surface area contributed by atoms with Gasteiger partial charge in [0.05, 0.1) is 28.3 Å². The summed E-state index contributed by atoms with van der Waals surface area (Å²) < 4.78 is 1.07. The molecule has 47 heavy (non-hydrogen) atoms. The lowest BCUT2D eigenvalue weighted by molar-refractivity contribution is 1.07. The molecule has 2 aliphatic rings. The number of hydrogen-bond acceptors (Lipinski definition) is 2. The van der Waals surface area contributed by atoms with Gasteiger partial charge in [0.25, 0.3) is 0 Å². The van der Waals surface area contributed by atoms with Gasteiger partial charge in [-0.25, -0.2) is 9.97 Å². The van der Waals surface area contributed by atoms with E-state index in [1.165, 1.54) is 77.7 Å². The second-order valence-corrected chi connectivity index (χ2v) is 13.5. The number of hydrogen-bond donors (Lipinski definition) is 2. The molecule has 0 amide bonds. The summed E-state index contributed by atoms with van der Waals surface area (Å²) in [5, 5.41) is 0. The quantitative estimate of drug-likeness (QED) is 0.184. The van der Waals surface area contributed by atoms with E-state index in [9.17, 15) is 0 Å². The molecule has 6 rings (SSSR count). The Morgan fingerprint density at radius 1 is 0.489 bits per heavy atom. The molecule has 0 saturated carbocycles. The number of nitrogens with one attached hydrogen (secondary N) is 2. The van der Waals surface area contributed by atoms with E-state index in [-0.39, 0.29) is 0 Å². The summed E-state index contributed by atoms with van der Waals surface area (Å²) in [5.41, 5.74) is 22.3. The highest BCUT2D eigenvalue weighted by molar-refractivity contribution is 9.10. The van der Waals surface area contributed by atoms with Crippen LogP contribution in [0.5, 0.6) is 0 Å². The summed E-state index contributed by atoms with van der Waals surface area (Å²) in [6, 6.07) is 15.7. The third kappa shape index (κ3) is 5.65. The zero-order valence-corrected chi connectivity index (χ0v) is 31.1. The first kappa shape index (κ1) is 33.2. The van der Waals surface area contributed by atoms with Crippen molar-refractivity contribution in [1.29, 1.82) is 0 Å². The molecule has 244 valence electrons. The standard InChI is InChI=1S/C42H49BrN4/c1-9-26-28(11-3)36-22-38-30(13-5)32(15-7)41(46-38)40(24-17-19-25(43)20-18-24)42-33(16-8)31(14-6)39(47-42)23-37-29(12-4)27(10-2)35(45-37)21-34(26)44-36/h17-23,44,46H,9-16H2,1-8H3. The first-order valence-corrected chi connectivity index (χ1v) is 18.7. The first-order chi connectivity index (χ1) is 22.8. The minimum absolute atomic E-state index is 0.917. The number of aryl methyl sites for hydroxylation is 4. The van der Waals surface area contributed by atoms with E-state index in [0.29, 0.717) is 0 Å². The Kier molecular flexibility index (Phi) is 9.75. The molecule has 0 fully saturated rings. The monoisotopic (exact) mass is 688 g/mol. The van der Waals surface area contributed by atoms with Gasteiger partial charge in [0, 0.05) is 26.6 Å². The van der Waals surface area contributed by atoms with Gasteiger partial charge in [0.15, 0.2) is 0 Å². The average Bonchev–Trinajstić information content (AvgIpc) is 3.81. The Morgan fingerprint density at radius 2 is 0.957 bits per heavy atom. The predicted octanol–water partition coefficient (Wildman–Crippen LogP) is 12.5. The Bertz CT molecular complexity index is 2070. The Morgan fingerprint density at radius 3 is 1.51 bits per heavy atom. The topological polar surface area (TPSA) is 57.4 Å². The van der Waals surface area contributed by atoms with Crippen LogP contribution >= 0.6 is 15.9 Å². The molecule has 2 N–H and O–H groups in total. The van der Waals surface area contributed by atoms with Gasteiger partial charge in [-0.15, -0.1) is 0 Å². The van der Waals surface area contributed by atoms with Crippen molar-refractivity contribution < 1.29 is 0 Å². The summed E-state index contributed by atoms with van der Waals surface area (Å²) in [7, 11) is 0. The number of aromatic amines is 2. The highest BCUT2D eigenvalue weighted by Gasteiger charge is 2.26. The van der Waals surface area contributed by atoms with Crippen molar-refractivity contribution in [2.45, 2.75) is 107 Å². The lowest BCUT2D eigenvalue weighted by Gasteiger charge is -2.11. The molecule has 5 heteroatoms. The summed E-state index contributed by atoms with van der Waals surface area (Å²) in [4.78, 5) is 18.8. The van der Waals surface area contributed by atoms with E-state index in [1.54, 1.807) is 0 Å². The van der Waals surface area contributed by atoms with E-state index >= 15 is 0 Å². The molecule has 0 unspecified atom stereocenters. The van der Waals surface area contributed by atoms with E-state index < -0.39 is 0 Å². The van der Waals surface area contributed by atoms with Crippen LogP contribution in [-0.2, 0) is 25.7 Å². The fraction of sp³-hybridized carbons (Fsp3) is 0.381. The van der Waals surface area contributed by atoms with Crippen molar-refractivity contribution in [2.24, 2.45) is 0 Å². The van der Waals surface area contributed by atoms with Crippen LogP contribution in [-0.4, -0.2) is 19.9 Å². The number of halogens is 1. The lowest BCUT2D eigenvalue weighted by Crippen LogP contribution is -1.92. The summed E-state index contributed by atoms with van der Waals surface area (Å²) in [6.07, 6.45) is 7.57. The van der Waals surface area contributed by atoms with Crippen molar-refractivity contribution in [3.8, 4) is 11.1 Å². The minimum Gasteiger partial charge on any atom is -0.355 e. The molecule has 0 radical (unpaired) electrons. The number of aromatic nitrogens is 4. The maximum atomic E-state index is 5.57. The molecule has 5 heterocycles. The summed E-state index contributed by atoms with van der Waals surface area (Å²) in [5.74, 6) is 0. The first-order valence-electron chi connectivity index (χ1n) is 17.9. The van der Waals surface area contributed by atoms with Crippen molar-refractivity contribution in [3.63, 3.8) is 0 Å². The maximum Gasteiger partial charge on any atom is 0.0771 e. The number of nitrogens with zero attached hydrogens (tertiary/aromatic N) is 2. The van der Waals surface area contributed by atoms with Crippen molar-refractivity contribution >= 4 is 60.3 Å². The van der Waals surface area contributed by atoms with Crippen LogP contribution in [0.4, 0.5) is 0 Å². The van der Waals surface area contributed by atoms with Gasteiger partial charge in [-0.3, -0.25) is 0 Å². The molecule has 2 aliphatic heterocycles. The average molecular weight is 690 g/mol. The normalized spacial score (nSPS) is 13.3. The molecule has 0 atom stereocenters. The number of benzene rings is 1. The van der Waals surface area contributed by atoms with E-state index in [4.69, 9.17) is 9.97 Å². The summed E-state index contributed by atoms with van der Waals surface area (Å²) >= 11 is 3.69. The van der Waals surface area contributed by atoms with Gasteiger partial charge in [-0.05, 0) is 132 Å². The third-order valence-electron chi connectivity index (χ3n) is 10.2. The second-order valence-electron chi connectivity index (χ2n) is 12.6. The zero-order chi connectivity index (χ0) is 33.4. The number of H-pyrrole nitrogens is 2. The molecule has 0 saturated heterocycles. The van der Waals surface area contributed by atoms with Crippen LogP contribution < -0.4 is 0 Å². The lowest BCUT2D eigenvalue weighted by atomic mass is 9.93. The molecule has 8 bridgehead atoms. The number of rotatable bonds is 9. The zero-order valence-electron chi connectivity index (χ0n) is 29.5. The predicted molar refractivity (Wildman–Crippen MR) is 206 cm³/mol. The highest BCUT2D eigenvalue weighted by atomic mass is 79.9. The SMILES string of the molecule is CCC1=C(CC)c2cc3[nH]c(cc4[nH]c(c(CC)c4CC)c(-c4ccc(Br)cc4)c4nc(cc1n2)C(CC)=C4CC)c(CC)c3CC. The molecule has 0 spiro atoms. The fourth-order valence-electron chi connectivity index (χ4n) is 8.09. The van der Waals surface area contributed by atoms with Gasteiger partial charge in [0.1, 0.15) is 0 Å². The van der Waals surface area contributed by atoms with Crippen LogP contribution in [0.15, 0.2) is 46.9 Å². The third-order valence-corrected chi connectivity index (χ3v) is 10.8. The molecule has 4 nitrogen and oxygen atoms in total. The molecule has 0 aliphatic carbocycles.